The van der Waals surface area contributed by atoms with Gasteiger partial charge in [0.05, 0.1) is 0 Å². The van der Waals surface area contributed by atoms with E-state index in [0.717, 1.165) is 5.56 Å². The van der Waals surface area contributed by atoms with Gasteiger partial charge in [-0.3, -0.25) is 4.79 Å². The number of rotatable bonds is 5. The zero-order valence-corrected chi connectivity index (χ0v) is 12.6. The van der Waals surface area contributed by atoms with E-state index in [-0.39, 0.29) is 11.9 Å². The fourth-order valence-corrected chi connectivity index (χ4v) is 1.80. The number of nitrogens with one attached hydrogen (secondary N) is 2. The van der Waals surface area contributed by atoms with E-state index in [0.29, 0.717) is 18.1 Å². The number of benzene rings is 1. The van der Waals surface area contributed by atoms with Crippen LogP contribution in [0.3, 0.4) is 0 Å². The van der Waals surface area contributed by atoms with Gasteiger partial charge in [0.25, 0.3) is 5.91 Å². The third kappa shape index (κ3) is 4.56. The van der Waals surface area contributed by atoms with Crippen LogP contribution in [0.25, 0.3) is 0 Å². The van der Waals surface area contributed by atoms with Gasteiger partial charge in [-0.1, -0.05) is 29.8 Å². The summed E-state index contributed by atoms with van der Waals surface area (Å²) in [5, 5.41) is 13.9. The van der Waals surface area contributed by atoms with E-state index in [1.165, 1.54) is 5.56 Å². The van der Waals surface area contributed by atoms with Crippen LogP contribution in [0.4, 0.5) is 5.82 Å². The van der Waals surface area contributed by atoms with Gasteiger partial charge < -0.3 is 10.6 Å². The van der Waals surface area contributed by atoms with Crippen molar-refractivity contribution in [2.75, 3.05) is 5.32 Å². The third-order valence-electron chi connectivity index (χ3n) is 2.91. The summed E-state index contributed by atoms with van der Waals surface area (Å²) in [6, 6.07) is 11.7. The van der Waals surface area contributed by atoms with Gasteiger partial charge >= 0.3 is 0 Å². The number of hydrogen-bond donors (Lipinski definition) is 2. The lowest BCUT2D eigenvalue weighted by atomic mass is 10.1. The van der Waals surface area contributed by atoms with Crippen molar-refractivity contribution in [1.82, 2.24) is 15.5 Å². The Bertz CT molecular complexity index is 591. The smallest absolute Gasteiger partial charge is 0.272 e. The number of nitrogens with zero attached hydrogens (tertiary/aromatic N) is 2. The minimum atomic E-state index is -0.223. The van der Waals surface area contributed by atoms with Crippen LogP contribution < -0.4 is 10.6 Å². The highest BCUT2D eigenvalue weighted by molar-refractivity contribution is 5.92. The van der Waals surface area contributed by atoms with E-state index in [9.17, 15) is 4.79 Å². The lowest BCUT2D eigenvalue weighted by Crippen LogP contribution is -2.24. The normalized spacial score (nSPS) is 10.5. The molecule has 0 fully saturated rings. The van der Waals surface area contributed by atoms with Crippen molar-refractivity contribution in [2.24, 2.45) is 0 Å². The predicted octanol–water partition coefficient (Wildman–Crippen LogP) is 2.54. The molecule has 0 spiro atoms. The van der Waals surface area contributed by atoms with Crippen molar-refractivity contribution in [1.29, 1.82) is 0 Å². The molecule has 5 nitrogen and oxygen atoms in total. The maximum Gasteiger partial charge on any atom is 0.272 e. The van der Waals surface area contributed by atoms with Crippen molar-refractivity contribution >= 4 is 11.7 Å². The number of carbonyl (C=O) groups is 1. The van der Waals surface area contributed by atoms with Crippen LogP contribution in [-0.2, 0) is 6.54 Å². The molecule has 0 saturated carbocycles. The minimum Gasteiger partial charge on any atom is -0.366 e. The Morgan fingerprint density at radius 3 is 2.38 bits per heavy atom. The van der Waals surface area contributed by atoms with Crippen LogP contribution in [0, 0.1) is 6.92 Å². The van der Waals surface area contributed by atoms with Crippen LogP contribution in [-0.4, -0.2) is 22.1 Å². The molecule has 0 radical (unpaired) electrons. The lowest BCUT2D eigenvalue weighted by Gasteiger charge is -2.08. The van der Waals surface area contributed by atoms with Crippen molar-refractivity contribution in [2.45, 2.75) is 33.4 Å². The molecule has 0 aliphatic carbocycles. The quantitative estimate of drug-likeness (QED) is 0.885. The predicted molar refractivity (Wildman–Crippen MR) is 83.1 cm³/mol. The number of amides is 1. The standard InChI is InChI=1S/C16H20N4O/c1-11(2)18-15-9-8-14(19-20-15)16(21)17-10-13-6-4-12(3)5-7-13/h4-9,11H,10H2,1-3H3,(H,17,21)(H,18,20). The topological polar surface area (TPSA) is 66.9 Å². The Hall–Kier alpha value is -2.43. The highest BCUT2D eigenvalue weighted by Gasteiger charge is 2.08. The molecule has 0 unspecified atom stereocenters. The Balaban J connectivity index is 1.92. The second kappa shape index (κ2) is 6.83. The van der Waals surface area contributed by atoms with Crippen molar-refractivity contribution in [3.05, 3.63) is 53.2 Å². The van der Waals surface area contributed by atoms with Crippen molar-refractivity contribution in [3.63, 3.8) is 0 Å². The molecule has 1 aromatic carbocycles. The van der Waals surface area contributed by atoms with E-state index < -0.39 is 0 Å². The summed E-state index contributed by atoms with van der Waals surface area (Å²) in [4.78, 5) is 12.0. The van der Waals surface area contributed by atoms with Gasteiger partial charge in [0.2, 0.25) is 0 Å². The molecule has 5 heteroatoms. The first kappa shape index (κ1) is 15.0. The van der Waals surface area contributed by atoms with Gasteiger partial charge in [-0.05, 0) is 38.5 Å². The van der Waals surface area contributed by atoms with Crippen LogP contribution in [0.1, 0.15) is 35.5 Å². The molecule has 1 heterocycles. The number of aryl methyl sites for hydroxylation is 1. The first-order chi connectivity index (χ1) is 10.0. The number of carbonyl (C=O) groups excluding carboxylic acids is 1. The Kier molecular flexibility index (Phi) is 4.87. The fraction of sp³-hybridized carbons (Fsp3) is 0.312. The molecule has 1 aromatic heterocycles. The van der Waals surface area contributed by atoms with Crippen molar-refractivity contribution in [3.8, 4) is 0 Å². The lowest BCUT2D eigenvalue weighted by molar-refractivity contribution is 0.0945. The van der Waals surface area contributed by atoms with Gasteiger partial charge in [0, 0.05) is 12.6 Å². The summed E-state index contributed by atoms with van der Waals surface area (Å²) in [6.07, 6.45) is 0. The van der Waals surface area contributed by atoms with Crippen LogP contribution in [0.5, 0.6) is 0 Å². The Morgan fingerprint density at radius 2 is 1.81 bits per heavy atom. The van der Waals surface area contributed by atoms with E-state index in [2.05, 4.69) is 20.8 Å². The summed E-state index contributed by atoms with van der Waals surface area (Å²) in [5.74, 6) is 0.444. The number of aromatic nitrogens is 2. The maximum atomic E-state index is 12.0. The summed E-state index contributed by atoms with van der Waals surface area (Å²) >= 11 is 0. The third-order valence-corrected chi connectivity index (χ3v) is 2.91. The first-order valence-corrected chi connectivity index (χ1v) is 6.98. The number of hydrogen-bond acceptors (Lipinski definition) is 4. The molecule has 21 heavy (non-hydrogen) atoms. The Morgan fingerprint density at radius 1 is 1.10 bits per heavy atom. The molecule has 0 atom stereocenters. The summed E-state index contributed by atoms with van der Waals surface area (Å²) in [5.41, 5.74) is 2.57. The molecule has 1 amide bonds. The molecule has 0 aliphatic heterocycles. The molecule has 0 aliphatic rings. The average Bonchev–Trinajstić information content (AvgIpc) is 2.46. The van der Waals surface area contributed by atoms with Crippen LogP contribution in [0.2, 0.25) is 0 Å². The molecule has 2 N–H and O–H groups in total. The zero-order chi connectivity index (χ0) is 15.2. The number of anilines is 1. The highest BCUT2D eigenvalue weighted by atomic mass is 16.1. The summed E-state index contributed by atoms with van der Waals surface area (Å²) in [7, 11) is 0. The zero-order valence-electron chi connectivity index (χ0n) is 12.6. The van der Waals surface area contributed by atoms with Gasteiger partial charge in [-0.2, -0.15) is 0 Å². The van der Waals surface area contributed by atoms with Gasteiger partial charge in [-0.15, -0.1) is 10.2 Å². The minimum absolute atomic E-state index is 0.223. The molecule has 2 aromatic rings. The second-order valence-corrected chi connectivity index (χ2v) is 5.27. The van der Waals surface area contributed by atoms with Gasteiger partial charge in [0.1, 0.15) is 5.82 Å². The van der Waals surface area contributed by atoms with E-state index in [1.54, 1.807) is 12.1 Å². The molecular formula is C16H20N4O. The van der Waals surface area contributed by atoms with Gasteiger partial charge in [0.15, 0.2) is 5.69 Å². The Labute approximate surface area is 124 Å². The van der Waals surface area contributed by atoms with E-state index >= 15 is 0 Å². The SMILES string of the molecule is Cc1ccc(CNC(=O)c2ccc(NC(C)C)nn2)cc1. The first-order valence-electron chi connectivity index (χ1n) is 6.98. The summed E-state index contributed by atoms with van der Waals surface area (Å²) < 4.78 is 0. The molecule has 110 valence electrons. The fourth-order valence-electron chi connectivity index (χ4n) is 1.80. The largest absolute Gasteiger partial charge is 0.366 e. The monoisotopic (exact) mass is 284 g/mol. The maximum absolute atomic E-state index is 12.0. The molecule has 0 bridgehead atoms. The molecule has 2 rings (SSSR count). The van der Waals surface area contributed by atoms with Crippen LogP contribution >= 0.6 is 0 Å². The molecular weight excluding hydrogens is 264 g/mol. The van der Waals surface area contributed by atoms with E-state index in [1.807, 2.05) is 45.0 Å². The molecule has 0 saturated heterocycles. The van der Waals surface area contributed by atoms with E-state index in [4.69, 9.17) is 0 Å². The summed E-state index contributed by atoms with van der Waals surface area (Å²) in [6.45, 7) is 6.55. The van der Waals surface area contributed by atoms with Crippen molar-refractivity contribution < 1.29 is 4.79 Å². The average molecular weight is 284 g/mol. The second-order valence-electron chi connectivity index (χ2n) is 5.27. The van der Waals surface area contributed by atoms with Gasteiger partial charge in [-0.25, -0.2) is 0 Å². The highest BCUT2D eigenvalue weighted by Crippen LogP contribution is 2.05. The van der Waals surface area contributed by atoms with Crippen LogP contribution in [0.15, 0.2) is 36.4 Å².